The maximum Gasteiger partial charge on any atom is 0.356 e. The van der Waals surface area contributed by atoms with Gasteiger partial charge in [-0.25, -0.2) is 14.8 Å². The summed E-state index contributed by atoms with van der Waals surface area (Å²) in [4.78, 5) is 18.9. The summed E-state index contributed by atoms with van der Waals surface area (Å²) < 4.78 is 4.54. The molecule has 0 fully saturated rings. The number of nitrogens with zero attached hydrogens (tertiary/aromatic N) is 2. The van der Waals surface area contributed by atoms with E-state index in [9.17, 15) is 4.79 Å². The van der Waals surface area contributed by atoms with E-state index in [2.05, 4.69) is 14.7 Å². The quantitative estimate of drug-likeness (QED) is 0.559. The van der Waals surface area contributed by atoms with Crippen LogP contribution >= 0.6 is 11.6 Å². The molecule has 1 heterocycles. The number of carbonyl (C=O) groups excluding carboxylic acids is 1. The first-order valence-corrected chi connectivity index (χ1v) is 4.55. The Kier molecular flexibility index (Phi) is 3.41. The van der Waals surface area contributed by atoms with Crippen molar-refractivity contribution >= 4 is 17.6 Å². The molecule has 0 radical (unpaired) electrons. The molecule has 0 unspecified atom stereocenters. The van der Waals surface area contributed by atoms with Gasteiger partial charge in [0, 0.05) is 5.69 Å². The van der Waals surface area contributed by atoms with Crippen LogP contribution in [0.5, 0.6) is 0 Å². The Labute approximate surface area is 87.3 Å². The highest BCUT2D eigenvalue weighted by Gasteiger charge is 2.12. The van der Waals surface area contributed by atoms with Crippen LogP contribution in [0, 0.1) is 0 Å². The number of hydrogen-bond acceptors (Lipinski definition) is 4. The fourth-order valence-corrected chi connectivity index (χ4v) is 1.13. The highest BCUT2D eigenvalue weighted by Crippen LogP contribution is 2.15. The molecule has 1 rings (SSSR count). The minimum absolute atomic E-state index is 0.0663. The van der Waals surface area contributed by atoms with Gasteiger partial charge in [-0.1, -0.05) is 13.8 Å². The van der Waals surface area contributed by atoms with E-state index in [4.69, 9.17) is 11.6 Å². The van der Waals surface area contributed by atoms with Crippen LogP contribution in [0.2, 0.25) is 5.28 Å². The van der Waals surface area contributed by atoms with Gasteiger partial charge in [0.05, 0.1) is 7.11 Å². The van der Waals surface area contributed by atoms with E-state index in [0.29, 0.717) is 0 Å². The number of hydrogen-bond donors (Lipinski definition) is 0. The van der Waals surface area contributed by atoms with Crippen molar-refractivity contribution in [3.05, 3.63) is 22.7 Å². The average Bonchev–Trinajstić information content (AvgIpc) is 2.15. The summed E-state index contributed by atoms with van der Waals surface area (Å²) in [7, 11) is 1.30. The third kappa shape index (κ3) is 2.42. The van der Waals surface area contributed by atoms with Gasteiger partial charge in [-0.2, -0.15) is 0 Å². The molecular weight excluding hydrogens is 204 g/mol. The number of halogens is 1. The van der Waals surface area contributed by atoms with Crippen molar-refractivity contribution < 1.29 is 9.53 Å². The number of esters is 1. The predicted octanol–water partition coefficient (Wildman–Crippen LogP) is 2.04. The van der Waals surface area contributed by atoms with Gasteiger partial charge < -0.3 is 4.74 Å². The number of carbonyl (C=O) groups is 1. The van der Waals surface area contributed by atoms with Crippen molar-refractivity contribution in [1.82, 2.24) is 9.97 Å². The lowest BCUT2D eigenvalue weighted by molar-refractivity contribution is 0.0593. The molecule has 76 valence electrons. The molecular formula is C9H11ClN2O2. The number of ether oxygens (including phenoxy) is 1. The molecule has 0 aliphatic carbocycles. The van der Waals surface area contributed by atoms with E-state index in [0.717, 1.165) is 5.69 Å². The largest absolute Gasteiger partial charge is 0.464 e. The molecule has 0 N–H and O–H groups in total. The Bertz CT molecular complexity index is 353. The van der Waals surface area contributed by atoms with Gasteiger partial charge in [0.2, 0.25) is 5.28 Å². The van der Waals surface area contributed by atoms with Crippen LogP contribution in [0.1, 0.15) is 35.9 Å². The molecule has 4 nitrogen and oxygen atoms in total. The monoisotopic (exact) mass is 214 g/mol. The molecule has 5 heteroatoms. The standard InChI is InChI=1S/C9H11ClN2O2/c1-5(2)6-4-7(8(13)14-3)12-9(10)11-6/h4-5H,1-3H3. The molecule has 0 saturated carbocycles. The fraction of sp³-hybridized carbons (Fsp3) is 0.444. The first-order valence-electron chi connectivity index (χ1n) is 4.17. The third-order valence-corrected chi connectivity index (χ3v) is 1.87. The van der Waals surface area contributed by atoms with Crippen LogP contribution in [0.3, 0.4) is 0 Å². The van der Waals surface area contributed by atoms with E-state index < -0.39 is 5.97 Å². The van der Waals surface area contributed by atoms with Gasteiger partial charge in [-0.15, -0.1) is 0 Å². The Balaban J connectivity index is 3.13. The Morgan fingerprint density at radius 3 is 2.64 bits per heavy atom. The summed E-state index contributed by atoms with van der Waals surface area (Å²) in [6, 6.07) is 1.59. The molecule has 0 amide bonds. The zero-order valence-electron chi connectivity index (χ0n) is 8.24. The SMILES string of the molecule is COC(=O)c1cc(C(C)C)nc(Cl)n1. The van der Waals surface area contributed by atoms with E-state index >= 15 is 0 Å². The van der Waals surface area contributed by atoms with Crippen molar-refractivity contribution in [2.24, 2.45) is 0 Å². The van der Waals surface area contributed by atoms with Crippen LogP contribution in [0.4, 0.5) is 0 Å². The van der Waals surface area contributed by atoms with E-state index in [1.54, 1.807) is 6.07 Å². The lowest BCUT2D eigenvalue weighted by Crippen LogP contribution is -2.07. The Morgan fingerprint density at radius 1 is 1.50 bits per heavy atom. The molecule has 14 heavy (non-hydrogen) atoms. The van der Waals surface area contributed by atoms with Crippen LogP contribution < -0.4 is 0 Å². The molecule has 0 atom stereocenters. The van der Waals surface area contributed by atoms with Crippen LogP contribution in [-0.2, 0) is 4.74 Å². The van der Waals surface area contributed by atoms with Crippen LogP contribution in [0.25, 0.3) is 0 Å². The van der Waals surface area contributed by atoms with Gasteiger partial charge in [0.15, 0.2) is 5.69 Å². The highest BCUT2D eigenvalue weighted by atomic mass is 35.5. The van der Waals surface area contributed by atoms with Crippen LogP contribution in [0.15, 0.2) is 6.07 Å². The lowest BCUT2D eigenvalue weighted by Gasteiger charge is -2.05. The predicted molar refractivity (Wildman–Crippen MR) is 52.5 cm³/mol. The minimum atomic E-state index is -0.504. The number of rotatable bonds is 2. The van der Waals surface area contributed by atoms with Crippen LogP contribution in [-0.4, -0.2) is 23.0 Å². The van der Waals surface area contributed by atoms with Crippen molar-refractivity contribution in [2.75, 3.05) is 7.11 Å². The summed E-state index contributed by atoms with van der Waals surface area (Å²) in [5.74, 6) is -0.310. The van der Waals surface area contributed by atoms with Gasteiger partial charge in [-0.05, 0) is 23.6 Å². The van der Waals surface area contributed by atoms with Crippen molar-refractivity contribution in [3.8, 4) is 0 Å². The lowest BCUT2D eigenvalue weighted by atomic mass is 10.1. The van der Waals surface area contributed by atoms with Gasteiger partial charge in [-0.3, -0.25) is 0 Å². The average molecular weight is 215 g/mol. The van der Waals surface area contributed by atoms with Crippen molar-refractivity contribution in [1.29, 1.82) is 0 Å². The zero-order chi connectivity index (χ0) is 10.7. The van der Waals surface area contributed by atoms with E-state index in [1.165, 1.54) is 7.11 Å². The molecule has 0 bridgehead atoms. The first-order chi connectivity index (χ1) is 6.54. The molecule has 0 aliphatic heterocycles. The summed E-state index contributed by atoms with van der Waals surface area (Å²) in [6.07, 6.45) is 0. The van der Waals surface area contributed by atoms with E-state index in [1.807, 2.05) is 13.8 Å². The fourth-order valence-electron chi connectivity index (χ4n) is 0.940. The maximum absolute atomic E-state index is 11.2. The summed E-state index contributed by atoms with van der Waals surface area (Å²) in [5, 5.41) is 0.0663. The topological polar surface area (TPSA) is 52.1 Å². The van der Waals surface area contributed by atoms with Gasteiger partial charge >= 0.3 is 5.97 Å². The summed E-state index contributed by atoms with van der Waals surface area (Å²) in [5.41, 5.74) is 0.918. The highest BCUT2D eigenvalue weighted by molar-refractivity contribution is 6.28. The second-order valence-corrected chi connectivity index (χ2v) is 3.43. The Hall–Kier alpha value is -1.16. The normalized spacial score (nSPS) is 10.4. The molecule has 0 aromatic carbocycles. The summed E-state index contributed by atoms with van der Waals surface area (Å²) in [6.45, 7) is 3.92. The molecule has 0 spiro atoms. The van der Waals surface area contributed by atoms with Gasteiger partial charge in [0.25, 0.3) is 0 Å². The zero-order valence-corrected chi connectivity index (χ0v) is 9.00. The Morgan fingerprint density at radius 2 is 2.14 bits per heavy atom. The first kappa shape index (κ1) is 10.9. The number of aromatic nitrogens is 2. The smallest absolute Gasteiger partial charge is 0.356 e. The number of methoxy groups -OCH3 is 1. The van der Waals surface area contributed by atoms with E-state index in [-0.39, 0.29) is 16.9 Å². The molecule has 1 aromatic rings. The molecule has 0 saturated heterocycles. The van der Waals surface area contributed by atoms with Crippen molar-refractivity contribution in [3.63, 3.8) is 0 Å². The minimum Gasteiger partial charge on any atom is -0.464 e. The van der Waals surface area contributed by atoms with Gasteiger partial charge in [0.1, 0.15) is 0 Å². The van der Waals surface area contributed by atoms with Crippen molar-refractivity contribution in [2.45, 2.75) is 19.8 Å². The second kappa shape index (κ2) is 4.37. The maximum atomic E-state index is 11.2. The molecule has 0 aliphatic rings. The second-order valence-electron chi connectivity index (χ2n) is 3.09. The summed E-state index contributed by atoms with van der Waals surface area (Å²) >= 11 is 5.67. The molecule has 1 aromatic heterocycles. The third-order valence-electron chi connectivity index (χ3n) is 1.70.